The van der Waals surface area contributed by atoms with Crippen LogP contribution < -0.4 is 19.5 Å². The first-order valence-electron chi connectivity index (χ1n) is 12.7. The number of nitrogens with one attached hydrogen (secondary N) is 1. The lowest BCUT2D eigenvalue weighted by atomic mass is 10.0. The molecule has 0 aliphatic carbocycles. The number of carboxylic acids is 1. The van der Waals surface area contributed by atoms with Crippen LogP contribution in [0.4, 0.5) is 0 Å². The van der Waals surface area contributed by atoms with E-state index in [2.05, 4.69) is 5.32 Å². The first-order chi connectivity index (χ1) is 19.4. The highest BCUT2D eigenvalue weighted by atomic mass is 16.5. The van der Waals surface area contributed by atoms with Gasteiger partial charge in [0.2, 0.25) is 0 Å². The second kappa shape index (κ2) is 13.6. The molecule has 4 aromatic rings. The maximum absolute atomic E-state index is 12.8. The van der Waals surface area contributed by atoms with Gasteiger partial charge in [-0.25, -0.2) is 4.79 Å². The van der Waals surface area contributed by atoms with E-state index in [0.717, 1.165) is 11.1 Å². The van der Waals surface area contributed by atoms with E-state index in [1.54, 1.807) is 18.2 Å². The maximum atomic E-state index is 12.8. The lowest BCUT2D eigenvalue weighted by Crippen LogP contribution is -2.42. The molecule has 4 aromatic carbocycles. The zero-order chi connectivity index (χ0) is 28.3. The minimum Gasteiger partial charge on any atom is -0.485 e. The molecule has 0 aliphatic heterocycles. The van der Waals surface area contributed by atoms with Crippen LogP contribution in [-0.4, -0.2) is 29.0 Å². The molecular weight excluding hydrogens is 510 g/mol. The second-order valence-corrected chi connectivity index (χ2v) is 9.02. The average molecular weight is 540 g/mol. The molecule has 0 spiro atoms. The number of aliphatic carboxylic acids is 1. The molecule has 40 heavy (non-hydrogen) atoms. The van der Waals surface area contributed by atoms with Crippen molar-refractivity contribution in [1.82, 2.24) is 5.32 Å². The van der Waals surface area contributed by atoms with Crippen molar-refractivity contribution in [2.75, 3.05) is 0 Å². The monoisotopic (exact) mass is 539 g/mol. The predicted octanol–water partition coefficient (Wildman–Crippen LogP) is 5.20. The molecule has 0 saturated heterocycles. The summed E-state index contributed by atoms with van der Waals surface area (Å²) in [6.45, 7) is 1.92. The zero-order valence-corrected chi connectivity index (χ0v) is 21.9. The largest absolute Gasteiger partial charge is 0.485 e. The Kier molecular flexibility index (Phi) is 9.50. The summed E-state index contributed by atoms with van der Waals surface area (Å²) in [5, 5.41) is 12.4. The molecule has 8 nitrogen and oxygen atoms in total. The van der Waals surface area contributed by atoms with Gasteiger partial charge in [0.05, 0.1) is 0 Å². The molecule has 1 atom stereocenters. The fourth-order valence-electron chi connectivity index (χ4n) is 3.90. The number of hydrogen-bond acceptors (Lipinski definition) is 6. The molecule has 204 valence electrons. The van der Waals surface area contributed by atoms with E-state index >= 15 is 0 Å². The Balaban J connectivity index is 1.49. The van der Waals surface area contributed by atoms with Crippen molar-refractivity contribution in [2.45, 2.75) is 32.6 Å². The Labute approximate surface area is 232 Å². The van der Waals surface area contributed by atoms with E-state index in [1.165, 1.54) is 31.2 Å². The number of carbonyl (C=O) groups excluding carboxylic acids is 2. The topological polar surface area (TPSA) is 111 Å². The van der Waals surface area contributed by atoms with Gasteiger partial charge in [-0.05, 0) is 53.1 Å². The summed E-state index contributed by atoms with van der Waals surface area (Å²) in [5.74, 6) is -0.949. The molecule has 0 aliphatic rings. The van der Waals surface area contributed by atoms with Crippen molar-refractivity contribution in [3.63, 3.8) is 0 Å². The lowest BCUT2D eigenvalue weighted by Gasteiger charge is -2.18. The Morgan fingerprint density at radius 3 is 1.85 bits per heavy atom. The van der Waals surface area contributed by atoms with Crippen LogP contribution in [0.3, 0.4) is 0 Å². The molecule has 8 heteroatoms. The molecular formula is C32H29NO7. The number of benzene rings is 4. The van der Waals surface area contributed by atoms with Gasteiger partial charge in [0, 0.05) is 18.9 Å². The van der Waals surface area contributed by atoms with Gasteiger partial charge in [0.1, 0.15) is 25.0 Å². The van der Waals surface area contributed by atoms with Gasteiger partial charge in [-0.1, -0.05) is 66.7 Å². The number of rotatable bonds is 12. The van der Waals surface area contributed by atoms with Crippen LogP contribution in [0, 0.1) is 0 Å². The van der Waals surface area contributed by atoms with Crippen molar-refractivity contribution in [2.24, 2.45) is 0 Å². The quantitative estimate of drug-likeness (QED) is 0.188. The van der Waals surface area contributed by atoms with Gasteiger partial charge < -0.3 is 24.6 Å². The van der Waals surface area contributed by atoms with Crippen LogP contribution in [0.25, 0.3) is 0 Å². The Bertz CT molecular complexity index is 1440. The highest BCUT2D eigenvalue weighted by molar-refractivity contribution is 5.96. The molecule has 0 saturated carbocycles. The van der Waals surface area contributed by atoms with E-state index in [-0.39, 0.29) is 17.7 Å². The van der Waals surface area contributed by atoms with E-state index in [9.17, 15) is 19.5 Å². The van der Waals surface area contributed by atoms with Crippen LogP contribution in [0.2, 0.25) is 0 Å². The summed E-state index contributed by atoms with van der Waals surface area (Å²) >= 11 is 0. The lowest BCUT2D eigenvalue weighted by molar-refractivity contribution is -0.139. The third-order valence-electron chi connectivity index (χ3n) is 5.90. The number of ether oxygens (including phenoxy) is 3. The molecule has 0 fully saturated rings. The summed E-state index contributed by atoms with van der Waals surface area (Å²) in [5.41, 5.74) is 2.85. The molecule has 0 unspecified atom stereocenters. The first kappa shape index (κ1) is 27.9. The fraction of sp³-hybridized carbons (Fsp3) is 0.156. The number of amides is 1. The number of carbonyl (C=O) groups is 3. The van der Waals surface area contributed by atoms with Crippen LogP contribution >= 0.6 is 0 Å². The van der Waals surface area contributed by atoms with Crippen molar-refractivity contribution >= 4 is 17.8 Å². The first-order valence-corrected chi connectivity index (χ1v) is 12.7. The minimum absolute atomic E-state index is 0.0211. The zero-order valence-electron chi connectivity index (χ0n) is 21.9. The van der Waals surface area contributed by atoms with E-state index < -0.39 is 23.9 Å². The van der Waals surface area contributed by atoms with Crippen LogP contribution in [-0.2, 0) is 29.2 Å². The summed E-state index contributed by atoms with van der Waals surface area (Å²) in [6.07, 6.45) is 0.0211. The summed E-state index contributed by atoms with van der Waals surface area (Å²) < 4.78 is 17.1. The van der Waals surface area contributed by atoms with Crippen molar-refractivity contribution in [1.29, 1.82) is 0 Å². The normalized spacial score (nSPS) is 11.2. The Morgan fingerprint density at radius 1 is 0.725 bits per heavy atom. The van der Waals surface area contributed by atoms with Gasteiger partial charge in [-0.3, -0.25) is 9.59 Å². The summed E-state index contributed by atoms with van der Waals surface area (Å²) in [4.78, 5) is 35.9. The van der Waals surface area contributed by atoms with Crippen LogP contribution in [0.15, 0.2) is 103 Å². The van der Waals surface area contributed by atoms with Gasteiger partial charge in [-0.2, -0.15) is 0 Å². The van der Waals surface area contributed by atoms with Crippen LogP contribution in [0.5, 0.6) is 17.2 Å². The van der Waals surface area contributed by atoms with Crippen molar-refractivity contribution in [3.05, 3.63) is 125 Å². The Hall–Kier alpha value is -5.11. The maximum Gasteiger partial charge on any atom is 0.326 e. The molecule has 0 aromatic heterocycles. The van der Waals surface area contributed by atoms with Gasteiger partial charge in [-0.15, -0.1) is 0 Å². The molecule has 2 N–H and O–H groups in total. The van der Waals surface area contributed by atoms with Crippen molar-refractivity contribution < 1.29 is 33.7 Å². The van der Waals surface area contributed by atoms with E-state index in [0.29, 0.717) is 30.3 Å². The molecule has 0 heterocycles. The second-order valence-electron chi connectivity index (χ2n) is 9.02. The standard InChI is InChI=1S/C32H29NO7/c1-22(34)40-27-15-13-26(14-16-27)31(35)33-28(32(36)37)18-25-12-17-29(38-20-23-8-4-2-5-9-23)30(19-25)39-21-24-10-6-3-7-11-24/h2-17,19,28H,18,20-21H2,1H3,(H,33,35)(H,36,37)/t28-/m1/s1. The molecule has 0 radical (unpaired) electrons. The van der Waals surface area contributed by atoms with Gasteiger partial charge >= 0.3 is 11.9 Å². The highest BCUT2D eigenvalue weighted by Gasteiger charge is 2.22. The van der Waals surface area contributed by atoms with Gasteiger partial charge in [0.25, 0.3) is 5.91 Å². The predicted molar refractivity (Wildman–Crippen MR) is 148 cm³/mol. The summed E-state index contributed by atoms with van der Waals surface area (Å²) in [7, 11) is 0. The average Bonchev–Trinajstić information content (AvgIpc) is 2.96. The minimum atomic E-state index is -1.20. The smallest absolute Gasteiger partial charge is 0.326 e. The number of esters is 1. The van der Waals surface area contributed by atoms with E-state index in [4.69, 9.17) is 14.2 Å². The third kappa shape index (κ3) is 8.19. The van der Waals surface area contributed by atoms with Gasteiger partial charge in [0.15, 0.2) is 11.5 Å². The number of carboxylic acid groups (broad SMARTS) is 1. The SMILES string of the molecule is CC(=O)Oc1ccc(C(=O)N[C@H](Cc2ccc(OCc3ccccc3)c(OCc3ccccc3)c2)C(=O)O)cc1. The Morgan fingerprint density at radius 2 is 1.30 bits per heavy atom. The highest BCUT2D eigenvalue weighted by Crippen LogP contribution is 2.31. The van der Waals surface area contributed by atoms with Crippen LogP contribution in [0.1, 0.15) is 34.0 Å². The molecule has 1 amide bonds. The van der Waals surface area contributed by atoms with Crippen molar-refractivity contribution in [3.8, 4) is 17.2 Å². The summed E-state index contributed by atoms with van der Waals surface area (Å²) in [6, 6.07) is 29.3. The molecule has 0 bridgehead atoms. The molecule has 4 rings (SSSR count). The van der Waals surface area contributed by atoms with E-state index in [1.807, 2.05) is 60.7 Å². The third-order valence-corrected chi connectivity index (χ3v) is 5.90. The fourth-order valence-corrected chi connectivity index (χ4v) is 3.90. The number of hydrogen-bond donors (Lipinski definition) is 2.